The van der Waals surface area contributed by atoms with Crippen molar-refractivity contribution in [3.63, 3.8) is 0 Å². The minimum atomic E-state index is -2.88. The van der Waals surface area contributed by atoms with E-state index in [4.69, 9.17) is 5.11 Å². The number of carboxylic acids is 1. The van der Waals surface area contributed by atoms with Gasteiger partial charge in [0.2, 0.25) is 0 Å². The Morgan fingerprint density at radius 3 is 2.10 bits per heavy atom. The highest BCUT2D eigenvalue weighted by Gasteiger charge is 2.45. The van der Waals surface area contributed by atoms with Crippen molar-refractivity contribution < 1.29 is 53.7 Å². The van der Waals surface area contributed by atoms with Gasteiger partial charge in [0, 0.05) is 12.2 Å². The number of hydrogen-bond donors (Lipinski definition) is 2. The van der Waals surface area contributed by atoms with E-state index >= 15 is 0 Å². The second-order valence-corrected chi connectivity index (χ2v) is 3.74. The third-order valence-corrected chi connectivity index (χ3v) is 2.03. The molecule has 0 aromatic heterocycles. The van der Waals surface area contributed by atoms with Crippen molar-refractivity contribution >= 4 is 29.8 Å². The number of aliphatic carboxylic acids is 1. The molecule has 1 aliphatic heterocycles. The number of hydrogen-bond acceptors (Lipinski definition) is 10. The quantitative estimate of drug-likeness (QED) is 0.550. The summed E-state index contributed by atoms with van der Waals surface area (Å²) in [6.45, 7) is 0. The minimum absolute atomic E-state index is 0.474. The molecule has 0 saturated heterocycles. The molecule has 0 aromatic rings. The number of carboxylic acid groups (broad SMARTS) is 1. The molecule has 11 nitrogen and oxygen atoms in total. The largest absolute Gasteiger partial charge is 0.481 e. The zero-order chi connectivity index (χ0) is 16.0. The molecule has 1 atom stereocenters. The fourth-order valence-electron chi connectivity index (χ4n) is 1.16. The van der Waals surface area contributed by atoms with Crippen LogP contribution in [0.2, 0.25) is 0 Å². The van der Waals surface area contributed by atoms with E-state index in [1.807, 2.05) is 0 Å². The van der Waals surface area contributed by atoms with Crippen LogP contribution in [0.5, 0.6) is 0 Å². The molecular weight excluding hydrogens is 296 g/mol. The summed E-state index contributed by atoms with van der Waals surface area (Å²) in [4.78, 5) is 70.9. The van der Waals surface area contributed by atoms with Gasteiger partial charge >= 0.3 is 29.8 Å². The van der Waals surface area contributed by atoms with Crippen LogP contribution in [-0.4, -0.2) is 45.7 Å². The van der Waals surface area contributed by atoms with Crippen LogP contribution in [0.3, 0.4) is 0 Å². The summed E-state index contributed by atoms with van der Waals surface area (Å²) in [6.07, 6.45) is -1.48. The molecule has 1 rings (SSSR count). The molecule has 0 spiro atoms. The Labute approximate surface area is 115 Å². The number of carbonyl (C=O) groups excluding carboxylic acids is 4. The smallest absolute Gasteiger partial charge is 0.387 e. The predicted molar refractivity (Wildman–Crippen MR) is 55.3 cm³/mol. The first-order chi connectivity index (χ1) is 9.73. The molecule has 0 amide bonds. The molecule has 1 unspecified atom stereocenters. The lowest BCUT2D eigenvalue weighted by atomic mass is 9.96. The van der Waals surface area contributed by atoms with E-state index in [2.05, 4.69) is 19.6 Å². The zero-order valence-electron chi connectivity index (χ0n) is 10.1. The average molecular weight is 304 g/mol. The van der Waals surface area contributed by atoms with Gasteiger partial charge in [-0.05, 0) is 0 Å². The van der Waals surface area contributed by atoms with Gasteiger partial charge in [-0.1, -0.05) is 0 Å². The second kappa shape index (κ2) is 6.47. The van der Waals surface area contributed by atoms with Crippen molar-refractivity contribution in [1.82, 2.24) is 0 Å². The van der Waals surface area contributed by atoms with Gasteiger partial charge in [-0.25, -0.2) is 38.7 Å². The molecule has 1 heterocycles. The van der Waals surface area contributed by atoms with E-state index in [0.717, 1.165) is 0 Å². The van der Waals surface area contributed by atoms with E-state index in [-0.39, 0.29) is 0 Å². The van der Waals surface area contributed by atoms with Crippen LogP contribution in [0.4, 0.5) is 0 Å². The third-order valence-electron chi connectivity index (χ3n) is 2.03. The lowest BCUT2D eigenvalue weighted by molar-refractivity contribution is -0.273. The topological polar surface area (TPSA) is 163 Å². The first-order valence-electron chi connectivity index (χ1n) is 5.19. The highest BCUT2D eigenvalue weighted by atomic mass is 17.2. The summed E-state index contributed by atoms with van der Waals surface area (Å²) >= 11 is 0. The molecule has 0 bridgehead atoms. The van der Waals surface area contributed by atoms with Gasteiger partial charge in [-0.15, -0.1) is 0 Å². The van der Waals surface area contributed by atoms with Crippen LogP contribution in [0.15, 0.2) is 12.2 Å². The SMILES string of the molecule is O=C(O)CC1(O)CC(=O)OOC(=O)/C=C\C(=O)OOC1=O. The van der Waals surface area contributed by atoms with E-state index < -0.39 is 48.3 Å². The Kier molecular flexibility index (Phi) is 4.96. The molecule has 0 aliphatic carbocycles. The Morgan fingerprint density at radius 2 is 1.57 bits per heavy atom. The summed E-state index contributed by atoms with van der Waals surface area (Å²) in [5, 5.41) is 18.4. The van der Waals surface area contributed by atoms with Crippen molar-refractivity contribution in [2.24, 2.45) is 0 Å². The monoisotopic (exact) mass is 304 g/mol. The number of carbonyl (C=O) groups is 5. The van der Waals surface area contributed by atoms with Crippen LogP contribution in [-0.2, 0) is 43.5 Å². The average Bonchev–Trinajstić information content (AvgIpc) is 2.38. The van der Waals surface area contributed by atoms with Crippen molar-refractivity contribution in [3.8, 4) is 0 Å². The first kappa shape index (κ1) is 16.1. The van der Waals surface area contributed by atoms with Gasteiger partial charge in [0.1, 0.15) is 0 Å². The number of aliphatic hydroxyl groups is 1. The minimum Gasteiger partial charge on any atom is -0.481 e. The van der Waals surface area contributed by atoms with Crippen molar-refractivity contribution in [2.45, 2.75) is 18.4 Å². The Bertz CT molecular complexity index is 519. The van der Waals surface area contributed by atoms with Crippen molar-refractivity contribution in [1.29, 1.82) is 0 Å². The van der Waals surface area contributed by atoms with Crippen LogP contribution in [0, 0.1) is 0 Å². The van der Waals surface area contributed by atoms with E-state index in [9.17, 15) is 29.1 Å². The van der Waals surface area contributed by atoms with E-state index in [1.54, 1.807) is 0 Å². The maximum Gasteiger partial charge on any atom is 0.387 e. The van der Waals surface area contributed by atoms with Crippen LogP contribution >= 0.6 is 0 Å². The summed E-state index contributed by atoms with van der Waals surface area (Å²) in [5.74, 6) is -7.39. The second-order valence-electron chi connectivity index (χ2n) is 3.74. The fourth-order valence-corrected chi connectivity index (χ4v) is 1.16. The number of rotatable bonds is 2. The molecule has 0 fully saturated rings. The van der Waals surface area contributed by atoms with E-state index in [1.165, 1.54) is 0 Å². The lowest BCUT2D eigenvalue weighted by Gasteiger charge is -2.21. The summed E-state index contributed by atoms with van der Waals surface area (Å²) in [7, 11) is 0. The fraction of sp³-hybridized carbons (Fsp3) is 0.300. The van der Waals surface area contributed by atoms with Gasteiger partial charge in [0.05, 0.1) is 12.8 Å². The van der Waals surface area contributed by atoms with Crippen molar-refractivity contribution in [3.05, 3.63) is 12.2 Å². The van der Waals surface area contributed by atoms with Crippen LogP contribution in [0.25, 0.3) is 0 Å². The molecule has 0 aromatic carbocycles. The van der Waals surface area contributed by atoms with Gasteiger partial charge < -0.3 is 10.2 Å². The van der Waals surface area contributed by atoms with Crippen molar-refractivity contribution in [2.75, 3.05) is 0 Å². The van der Waals surface area contributed by atoms with E-state index in [0.29, 0.717) is 12.2 Å². The molecule has 21 heavy (non-hydrogen) atoms. The highest BCUT2D eigenvalue weighted by molar-refractivity contribution is 5.93. The maximum absolute atomic E-state index is 11.5. The Morgan fingerprint density at radius 1 is 1.05 bits per heavy atom. The predicted octanol–water partition coefficient (Wildman–Crippen LogP) is -1.85. The van der Waals surface area contributed by atoms with Crippen LogP contribution in [0.1, 0.15) is 12.8 Å². The summed E-state index contributed by atoms with van der Waals surface area (Å²) < 4.78 is 0. The first-order valence-corrected chi connectivity index (χ1v) is 5.19. The third kappa shape index (κ3) is 4.91. The highest BCUT2D eigenvalue weighted by Crippen LogP contribution is 2.19. The van der Waals surface area contributed by atoms with Crippen LogP contribution < -0.4 is 0 Å². The standard InChI is InChI=1S/C10H8O11/c11-5(12)3-10(17)4-8(15)20-18-6(13)1-2-7(14)19-21-9(10)16/h1-2,17H,3-4H2,(H,11,12)/b2-1-. The molecular formula is C10H8O11. The summed E-state index contributed by atoms with van der Waals surface area (Å²) in [5.41, 5.74) is -2.88. The molecule has 11 heteroatoms. The Hall–Kier alpha value is -2.95. The lowest BCUT2D eigenvalue weighted by Crippen LogP contribution is -2.44. The Balaban J connectivity index is 2.99. The van der Waals surface area contributed by atoms with Gasteiger partial charge in [0.25, 0.3) is 0 Å². The zero-order valence-corrected chi connectivity index (χ0v) is 10.1. The van der Waals surface area contributed by atoms with Gasteiger partial charge in [0.15, 0.2) is 5.60 Å². The van der Waals surface area contributed by atoms with Gasteiger partial charge in [-0.2, -0.15) is 0 Å². The molecule has 114 valence electrons. The maximum atomic E-state index is 11.5. The molecule has 2 N–H and O–H groups in total. The van der Waals surface area contributed by atoms with Gasteiger partial charge in [-0.3, -0.25) is 4.79 Å². The molecule has 0 radical (unpaired) electrons. The summed E-state index contributed by atoms with van der Waals surface area (Å²) in [6, 6.07) is 0. The normalized spacial score (nSPS) is 25.4. The molecule has 1 aliphatic rings. The molecule has 0 saturated carbocycles.